The molecule has 13 heavy (non-hydrogen) atoms. The maximum Gasteiger partial charge on any atom is 0.0506 e. The molecular formula is C11H15IO. The molecule has 0 radical (unpaired) electrons. The van der Waals surface area contributed by atoms with Gasteiger partial charge in [0.1, 0.15) is 0 Å². The fraction of sp³-hybridized carbons (Fsp3) is 0.455. The zero-order chi connectivity index (χ0) is 9.36. The molecule has 0 bridgehead atoms. The highest BCUT2D eigenvalue weighted by molar-refractivity contribution is 14.1. The van der Waals surface area contributed by atoms with Gasteiger partial charge >= 0.3 is 0 Å². The third-order valence-corrected chi connectivity index (χ3v) is 2.56. The standard InChI is InChI=1S/C11H15IO/c12-8-4-9-13-10-7-11-5-2-1-3-6-11/h1-3,5-6H,4,7-10H2. The Balaban J connectivity index is 2.07. The molecule has 1 aromatic carbocycles. The molecule has 72 valence electrons. The second kappa shape index (κ2) is 7.33. The van der Waals surface area contributed by atoms with Gasteiger partial charge in [-0.2, -0.15) is 0 Å². The smallest absolute Gasteiger partial charge is 0.0506 e. The van der Waals surface area contributed by atoms with Crippen LogP contribution >= 0.6 is 22.6 Å². The molecule has 0 spiro atoms. The van der Waals surface area contributed by atoms with E-state index in [2.05, 4.69) is 46.9 Å². The Labute approximate surface area is 93.6 Å². The van der Waals surface area contributed by atoms with Crippen LogP contribution in [0.4, 0.5) is 0 Å². The quantitative estimate of drug-likeness (QED) is 0.444. The van der Waals surface area contributed by atoms with Crippen molar-refractivity contribution in [2.75, 3.05) is 17.6 Å². The van der Waals surface area contributed by atoms with E-state index in [1.807, 2.05) is 6.07 Å². The molecule has 0 aliphatic heterocycles. The molecule has 2 heteroatoms. The van der Waals surface area contributed by atoms with Crippen molar-refractivity contribution in [3.05, 3.63) is 35.9 Å². The summed E-state index contributed by atoms with van der Waals surface area (Å²) in [6, 6.07) is 10.5. The van der Waals surface area contributed by atoms with Crippen LogP contribution in [0.2, 0.25) is 0 Å². The Morgan fingerprint density at radius 3 is 2.54 bits per heavy atom. The number of halogens is 1. The van der Waals surface area contributed by atoms with E-state index in [9.17, 15) is 0 Å². The third kappa shape index (κ3) is 5.26. The van der Waals surface area contributed by atoms with Gasteiger partial charge in [0.25, 0.3) is 0 Å². The molecule has 0 unspecified atom stereocenters. The van der Waals surface area contributed by atoms with Crippen molar-refractivity contribution in [3.63, 3.8) is 0 Å². The molecule has 0 heterocycles. The molecule has 0 aromatic heterocycles. The fourth-order valence-corrected chi connectivity index (χ4v) is 1.40. The van der Waals surface area contributed by atoms with E-state index in [-0.39, 0.29) is 0 Å². The lowest BCUT2D eigenvalue weighted by atomic mass is 10.2. The predicted molar refractivity (Wildman–Crippen MR) is 64.5 cm³/mol. The Bertz CT molecular complexity index is 211. The molecule has 1 rings (SSSR count). The van der Waals surface area contributed by atoms with E-state index < -0.39 is 0 Å². The van der Waals surface area contributed by atoms with Gasteiger partial charge in [0, 0.05) is 11.0 Å². The average molecular weight is 290 g/mol. The Hall–Kier alpha value is -0.0900. The van der Waals surface area contributed by atoms with Gasteiger partial charge in [-0.05, 0) is 18.4 Å². The van der Waals surface area contributed by atoms with Crippen LogP contribution in [0.15, 0.2) is 30.3 Å². The summed E-state index contributed by atoms with van der Waals surface area (Å²) < 4.78 is 6.66. The van der Waals surface area contributed by atoms with Crippen LogP contribution in [0.25, 0.3) is 0 Å². The predicted octanol–water partition coefficient (Wildman–Crippen LogP) is 3.07. The highest BCUT2D eigenvalue weighted by atomic mass is 127. The lowest BCUT2D eigenvalue weighted by molar-refractivity contribution is 0.139. The van der Waals surface area contributed by atoms with E-state index in [4.69, 9.17) is 4.74 Å². The molecule has 0 atom stereocenters. The summed E-state index contributed by atoms with van der Waals surface area (Å²) >= 11 is 2.37. The summed E-state index contributed by atoms with van der Waals surface area (Å²) in [4.78, 5) is 0. The zero-order valence-electron chi connectivity index (χ0n) is 7.71. The third-order valence-electron chi connectivity index (χ3n) is 1.80. The van der Waals surface area contributed by atoms with Gasteiger partial charge < -0.3 is 4.74 Å². The number of ether oxygens (including phenoxy) is 1. The van der Waals surface area contributed by atoms with Crippen molar-refractivity contribution in [1.82, 2.24) is 0 Å². The van der Waals surface area contributed by atoms with Gasteiger partial charge in [0.15, 0.2) is 0 Å². The largest absolute Gasteiger partial charge is 0.381 e. The van der Waals surface area contributed by atoms with Gasteiger partial charge in [0.05, 0.1) is 6.61 Å². The van der Waals surface area contributed by atoms with E-state index in [1.54, 1.807) is 0 Å². The monoisotopic (exact) mass is 290 g/mol. The number of benzene rings is 1. The molecule has 1 aromatic rings. The van der Waals surface area contributed by atoms with Crippen molar-refractivity contribution in [3.8, 4) is 0 Å². The summed E-state index contributed by atoms with van der Waals surface area (Å²) in [7, 11) is 0. The zero-order valence-corrected chi connectivity index (χ0v) is 9.87. The van der Waals surface area contributed by atoms with Crippen LogP contribution in [-0.2, 0) is 11.2 Å². The molecular weight excluding hydrogens is 275 g/mol. The van der Waals surface area contributed by atoms with Crippen molar-refractivity contribution in [2.45, 2.75) is 12.8 Å². The molecule has 0 saturated carbocycles. The van der Waals surface area contributed by atoms with Crippen LogP contribution in [0, 0.1) is 0 Å². The minimum absolute atomic E-state index is 0.848. The minimum Gasteiger partial charge on any atom is -0.381 e. The summed E-state index contributed by atoms with van der Waals surface area (Å²) in [6.07, 6.45) is 2.19. The van der Waals surface area contributed by atoms with E-state index in [0.717, 1.165) is 26.1 Å². The second-order valence-electron chi connectivity index (χ2n) is 2.89. The highest BCUT2D eigenvalue weighted by Gasteiger charge is 1.91. The molecule has 0 aliphatic rings. The topological polar surface area (TPSA) is 9.23 Å². The maximum atomic E-state index is 5.47. The van der Waals surface area contributed by atoms with Crippen molar-refractivity contribution in [1.29, 1.82) is 0 Å². The summed E-state index contributed by atoms with van der Waals surface area (Å²) in [5, 5.41) is 0. The molecule has 0 aliphatic carbocycles. The first kappa shape index (κ1) is 11.0. The van der Waals surface area contributed by atoms with Gasteiger partial charge in [-0.15, -0.1) is 0 Å². The van der Waals surface area contributed by atoms with Crippen LogP contribution in [0.1, 0.15) is 12.0 Å². The fourth-order valence-electron chi connectivity index (χ4n) is 1.09. The maximum absolute atomic E-state index is 5.47. The van der Waals surface area contributed by atoms with E-state index in [0.29, 0.717) is 0 Å². The first-order chi connectivity index (χ1) is 6.43. The van der Waals surface area contributed by atoms with Gasteiger partial charge in [-0.25, -0.2) is 0 Å². The highest BCUT2D eigenvalue weighted by Crippen LogP contribution is 1.99. The van der Waals surface area contributed by atoms with Crippen LogP contribution in [0.5, 0.6) is 0 Å². The van der Waals surface area contributed by atoms with Crippen molar-refractivity contribution >= 4 is 22.6 Å². The van der Waals surface area contributed by atoms with Crippen LogP contribution in [0.3, 0.4) is 0 Å². The number of rotatable bonds is 6. The Kier molecular flexibility index (Phi) is 6.19. The lowest BCUT2D eigenvalue weighted by Crippen LogP contribution is -2.00. The SMILES string of the molecule is ICCCOCCc1ccccc1. The molecule has 0 saturated heterocycles. The first-order valence-electron chi connectivity index (χ1n) is 4.61. The molecule has 0 amide bonds. The van der Waals surface area contributed by atoms with Gasteiger partial charge in [0.2, 0.25) is 0 Å². The average Bonchev–Trinajstić information content (AvgIpc) is 2.19. The molecule has 1 nitrogen and oxygen atoms in total. The van der Waals surface area contributed by atoms with Crippen LogP contribution < -0.4 is 0 Å². The minimum atomic E-state index is 0.848. The second-order valence-corrected chi connectivity index (χ2v) is 3.97. The van der Waals surface area contributed by atoms with E-state index in [1.165, 1.54) is 9.99 Å². The summed E-state index contributed by atoms with van der Waals surface area (Å²) in [5.74, 6) is 0. The Morgan fingerprint density at radius 1 is 1.08 bits per heavy atom. The van der Waals surface area contributed by atoms with Gasteiger partial charge in [-0.3, -0.25) is 0 Å². The number of hydrogen-bond donors (Lipinski definition) is 0. The lowest BCUT2D eigenvalue weighted by Gasteiger charge is -2.02. The molecule has 0 fully saturated rings. The van der Waals surface area contributed by atoms with Crippen molar-refractivity contribution in [2.24, 2.45) is 0 Å². The summed E-state index contributed by atoms with van der Waals surface area (Å²) in [6.45, 7) is 1.75. The Morgan fingerprint density at radius 2 is 1.85 bits per heavy atom. The normalized spacial score (nSPS) is 10.2. The number of hydrogen-bond acceptors (Lipinski definition) is 1. The first-order valence-corrected chi connectivity index (χ1v) is 6.13. The summed E-state index contributed by atoms with van der Waals surface area (Å²) in [5.41, 5.74) is 1.36. The van der Waals surface area contributed by atoms with Crippen molar-refractivity contribution < 1.29 is 4.74 Å². The van der Waals surface area contributed by atoms with Crippen LogP contribution in [-0.4, -0.2) is 17.6 Å². The number of alkyl halides is 1. The van der Waals surface area contributed by atoms with Gasteiger partial charge in [-0.1, -0.05) is 52.9 Å². The van der Waals surface area contributed by atoms with E-state index >= 15 is 0 Å². The molecule has 0 N–H and O–H groups in total.